The van der Waals surface area contributed by atoms with Crippen molar-refractivity contribution in [3.8, 4) is 11.3 Å². The monoisotopic (exact) mass is 413 g/mol. The first-order chi connectivity index (χ1) is 14.1. The maximum Gasteiger partial charge on any atom is 0.243 e. The highest BCUT2D eigenvalue weighted by Crippen LogP contribution is 2.25. The van der Waals surface area contributed by atoms with E-state index in [4.69, 9.17) is 5.73 Å². The zero-order valence-corrected chi connectivity index (χ0v) is 18.0. The van der Waals surface area contributed by atoms with Crippen molar-refractivity contribution in [3.63, 3.8) is 0 Å². The van der Waals surface area contributed by atoms with Gasteiger partial charge in [0.25, 0.3) is 0 Å². The Morgan fingerprint density at radius 3 is 2.50 bits per heavy atom. The maximum atomic E-state index is 12.8. The van der Waals surface area contributed by atoms with Gasteiger partial charge >= 0.3 is 0 Å². The number of aliphatic hydroxyl groups excluding tert-OH is 1. The number of amides is 2. The molecule has 8 heteroatoms. The molecule has 30 heavy (non-hydrogen) atoms. The molecule has 3 atom stereocenters. The van der Waals surface area contributed by atoms with E-state index in [1.165, 1.54) is 4.90 Å². The van der Waals surface area contributed by atoms with Crippen LogP contribution in [0.1, 0.15) is 32.8 Å². The number of carbonyl (C=O) groups is 2. The fraction of sp³-hybridized carbons (Fsp3) is 0.500. The number of hydrogen-bond acceptors (Lipinski definition) is 5. The lowest BCUT2D eigenvalue weighted by molar-refractivity contribution is -0.141. The lowest BCUT2D eigenvalue weighted by atomic mass is 9.86. The van der Waals surface area contributed by atoms with Gasteiger partial charge in [0.05, 0.1) is 17.8 Å². The summed E-state index contributed by atoms with van der Waals surface area (Å²) in [5.41, 5.74) is 8.66. The van der Waals surface area contributed by atoms with Gasteiger partial charge in [0.15, 0.2) is 0 Å². The molecule has 0 bridgehead atoms. The molecule has 1 aliphatic heterocycles. The van der Waals surface area contributed by atoms with E-state index in [1.54, 1.807) is 10.9 Å². The summed E-state index contributed by atoms with van der Waals surface area (Å²) in [7, 11) is 1.89. The predicted octanol–water partition coefficient (Wildman–Crippen LogP) is 1.04. The first kappa shape index (κ1) is 22.0. The van der Waals surface area contributed by atoms with Crippen LogP contribution in [-0.2, 0) is 23.2 Å². The largest absolute Gasteiger partial charge is 0.391 e. The van der Waals surface area contributed by atoms with Crippen LogP contribution in [0, 0.1) is 5.41 Å². The summed E-state index contributed by atoms with van der Waals surface area (Å²) in [6.07, 6.45) is 1.24. The van der Waals surface area contributed by atoms with E-state index in [2.05, 4.69) is 10.4 Å². The normalized spacial score (nSPS) is 20.3. The molecule has 1 aliphatic rings. The third-order valence-electron chi connectivity index (χ3n) is 5.60. The lowest BCUT2D eigenvalue weighted by Gasteiger charge is -2.32. The van der Waals surface area contributed by atoms with Crippen molar-refractivity contribution in [2.75, 3.05) is 6.54 Å². The van der Waals surface area contributed by atoms with Crippen molar-refractivity contribution in [2.24, 2.45) is 18.2 Å². The number of benzene rings is 1. The number of β-amino-alcohol motifs (C(OH)–C–C–N with tert-alkyl or cyclic N) is 1. The van der Waals surface area contributed by atoms with Crippen LogP contribution in [0.2, 0.25) is 0 Å². The topological polar surface area (TPSA) is 113 Å². The van der Waals surface area contributed by atoms with E-state index in [0.717, 1.165) is 16.8 Å². The van der Waals surface area contributed by atoms with Gasteiger partial charge in [0.2, 0.25) is 11.8 Å². The highest BCUT2D eigenvalue weighted by Gasteiger charge is 2.42. The number of nitrogens with zero attached hydrogens (tertiary/aromatic N) is 3. The second-order valence-electron chi connectivity index (χ2n) is 8.99. The predicted molar refractivity (Wildman–Crippen MR) is 114 cm³/mol. The molecule has 0 aliphatic carbocycles. The molecule has 3 rings (SSSR count). The number of aliphatic hydroxyl groups is 1. The van der Waals surface area contributed by atoms with Gasteiger partial charge in [0, 0.05) is 32.8 Å². The maximum absolute atomic E-state index is 12.8. The van der Waals surface area contributed by atoms with Crippen LogP contribution in [0.15, 0.2) is 36.5 Å². The molecule has 2 amide bonds. The lowest BCUT2D eigenvalue weighted by Crippen LogP contribution is -2.54. The van der Waals surface area contributed by atoms with E-state index in [9.17, 15) is 14.7 Å². The first-order valence-corrected chi connectivity index (χ1v) is 10.2. The molecule has 162 valence electrons. The third-order valence-corrected chi connectivity index (χ3v) is 5.60. The Balaban J connectivity index is 1.63. The van der Waals surface area contributed by atoms with Crippen molar-refractivity contribution >= 4 is 11.8 Å². The average Bonchev–Trinajstić information content (AvgIpc) is 3.30. The zero-order valence-electron chi connectivity index (χ0n) is 18.0. The summed E-state index contributed by atoms with van der Waals surface area (Å²) in [4.78, 5) is 27.0. The van der Waals surface area contributed by atoms with Gasteiger partial charge in [-0.05, 0) is 22.6 Å². The summed E-state index contributed by atoms with van der Waals surface area (Å²) in [6, 6.07) is 8.35. The van der Waals surface area contributed by atoms with Gasteiger partial charge < -0.3 is 21.1 Å². The smallest absolute Gasteiger partial charge is 0.243 e. The van der Waals surface area contributed by atoms with Gasteiger partial charge in [-0.25, -0.2) is 0 Å². The molecule has 1 saturated heterocycles. The molecule has 4 N–H and O–H groups in total. The molecule has 0 radical (unpaired) electrons. The minimum atomic E-state index is -0.738. The summed E-state index contributed by atoms with van der Waals surface area (Å²) < 4.78 is 1.80. The van der Waals surface area contributed by atoms with E-state index in [1.807, 2.05) is 58.2 Å². The van der Waals surface area contributed by atoms with Gasteiger partial charge in [0.1, 0.15) is 6.04 Å². The molecule has 1 unspecified atom stereocenters. The number of aryl methyl sites for hydroxylation is 1. The molecule has 1 fully saturated rings. The van der Waals surface area contributed by atoms with Crippen LogP contribution in [0.5, 0.6) is 0 Å². The summed E-state index contributed by atoms with van der Waals surface area (Å²) in [5, 5.41) is 17.1. The third kappa shape index (κ3) is 4.71. The highest BCUT2D eigenvalue weighted by molar-refractivity contribution is 5.90. The Morgan fingerprint density at radius 2 is 1.93 bits per heavy atom. The fourth-order valence-corrected chi connectivity index (χ4v) is 3.61. The van der Waals surface area contributed by atoms with Crippen LogP contribution in [0.25, 0.3) is 11.3 Å². The molecule has 0 spiro atoms. The summed E-state index contributed by atoms with van der Waals surface area (Å²) >= 11 is 0. The number of carbonyl (C=O) groups excluding carboxylic acids is 2. The Hall–Kier alpha value is -2.71. The first-order valence-electron chi connectivity index (χ1n) is 10.2. The number of nitrogens with one attached hydrogen (secondary N) is 1. The van der Waals surface area contributed by atoms with Crippen molar-refractivity contribution in [1.82, 2.24) is 20.0 Å². The molecule has 2 aromatic rings. The second-order valence-corrected chi connectivity index (χ2v) is 8.99. The fourth-order valence-electron chi connectivity index (χ4n) is 3.61. The van der Waals surface area contributed by atoms with Crippen LogP contribution in [0.3, 0.4) is 0 Å². The molecule has 2 heterocycles. The van der Waals surface area contributed by atoms with Crippen molar-refractivity contribution in [1.29, 1.82) is 0 Å². The summed E-state index contributed by atoms with van der Waals surface area (Å²) in [5.74, 6) is -0.587. The van der Waals surface area contributed by atoms with Crippen LogP contribution >= 0.6 is 0 Å². The SMILES string of the molecule is Cn1nccc1-c1ccc(CNC(=O)[C@@H]2C[C@@H](O)CN2C(=O)C(N)C(C)(C)C)cc1. The number of rotatable bonds is 5. The standard InChI is InChI=1S/C22H31N5O3/c1-22(2,3)19(23)21(30)27-13-16(28)11-18(27)20(29)24-12-14-5-7-15(8-6-14)17-9-10-25-26(17)4/h5-10,16,18-19,28H,11-13,23H2,1-4H3,(H,24,29)/t16-,18+,19?/m1/s1. The van der Waals surface area contributed by atoms with Crippen molar-refractivity contribution in [2.45, 2.75) is 51.9 Å². The Labute approximate surface area is 177 Å². The van der Waals surface area contributed by atoms with Crippen LogP contribution < -0.4 is 11.1 Å². The minimum absolute atomic E-state index is 0.125. The zero-order chi connectivity index (χ0) is 22.1. The highest BCUT2D eigenvalue weighted by atomic mass is 16.3. The van der Waals surface area contributed by atoms with Crippen molar-refractivity contribution < 1.29 is 14.7 Å². The molecular weight excluding hydrogens is 382 g/mol. The summed E-state index contributed by atoms with van der Waals surface area (Å²) in [6.45, 7) is 6.11. The second kappa shape index (κ2) is 8.57. The number of hydrogen-bond donors (Lipinski definition) is 3. The molecule has 0 saturated carbocycles. The number of likely N-dealkylation sites (tertiary alicyclic amines) is 1. The van der Waals surface area contributed by atoms with Gasteiger partial charge in [-0.2, -0.15) is 5.10 Å². The Morgan fingerprint density at radius 1 is 1.27 bits per heavy atom. The van der Waals surface area contributed by atoms with Crippen LogP contribution in [0.4, 0.5) is 0 Å². The molecular formula is C22H31N5O3. The molecule has 1 aromatic heterocycles. The quantitative estimate of drug-likeness (QED) is 0.678. The Kier molecular flexibility index (Phi) is 6.28. The van der Waals surface area contributed by atoms with Gasteiger partial charge in [-0.3, -0.25) is 14.3 Å². The van der Waals surface area contributed by atoms with E-state index < -0.39 is 23.6 Å². The van der Waals surface area contributed by atoms with Crippen molar-refractivity contribution in [3.05, 3.63) is 42.1 Å². The van der Waals surface area contributed by atoms with Gasteiger partial charge in [-0.1, -0.05) is 45.0 Å². The Bertz CT molecular complexity index is 900. The molecule has 1 aromatic carbocycles. The van der Waals surface area contributed by atoms with E-state index >= 15 is 0 Å². The van der Waals surface area contributed by atoms with E-state index in [-0.39, 0.29) is 24.8 Å². The van der Waals surface area contributed by atoms with Crippen LogP contribution in [-0.4, -0.2) is 56.3 Å². The number of aromatic nitrogens is 2. The van der Waals surface area contributed by atoms with Gasteiger partial charge in [-0.15, -0.1) is 0 Å². The van der Waals surface area contributed by atoms with E-state index in [0.29, 0.717) is 6.54 Å². The molecule has 8 nitrogen and oxygen atoms in total. The average molecular weight is 414 g/mol. The minimum Gasteiger partial charge on any atom is -0.391 e. The number of nitrogens with two attached hydrogens (primary N) is 1.